The summed E-state index contributed by atoms with van der Waals surface area (Å²) in [5.41, 5.74) is 4.45. The maximum Gasteiger partial charge on any atom is 0.229 e. The van der Waals surface area contributed by atoms with Gasteiger partial charge in [0, 0.05) is 37.4 Å². The molecule has 0 aliphatic heterocycles. The quantitative estimate of drug-likeness (QED) is 0.351. The number of rotatable bonds is 6. The van der Waals surface area contributed by atoms with Gasteiger partial charge in [0.1, 0.15) is 11.6 Å². The summed E-state index contributed by atoms with van der Waals surface area (Å²) in [7, 11) is 3.90. The summed E-state index contributed by atoms with van der Waals surface area (Å²) in [6.45, 7) is 0. The van der Waals surface area contributed by atoms with Gasteiger partial charge in [0.25, 0.3) is 0 Å². The smallest absolute Gasteiger partial charge is 0.229 e. The fourth-order valence-electron chi connectivity index (χ4n) is 3.55. The Kier molecular flexibility index (Phi) is 5.32. The lowest BCUT2D eigenvalue weighted by molar-refractivity contribution is 0.628. The topological polar surface area (TPSA) is 70.9 Å². The van der Waals surface area contributed by atoms with Gasteiger partial charge in [-0.3, -0.25) is 0 Å². The van der Waals surface area contributed by atoms with Crippen LogP contribution in [-0.4, -0.2) is 26.6 Å². The third kappa shape index (κ3) is 4.31. The summed E-state index contributed by atoms with van der Waals surface area (Å²) in [6, 6.07) is 23.9. The maximum atomic E-state index is 13.2. The first kappa shape index (κ1) is 20.4. The van der Waals surface area contributed by atoms with Gasteiger partial charge in [0.05, 0.1) is 11.0 Å². The van der Waals surface area contributed by atoms with Crippen molar-refractivity contribution in [2.75, 3.05) is 22.6 Å². The van der Waals surface area contributed by atoms with Gasteiger partial charge in [-0.05, 0) is 60.7 Å². The molecule has 5 aromatic rings. The second-order valence-corrected chi connectivity index (χ2v) is 7.59. The van der Waals surface area contributed by atoms with Gasteiger partial charge in [0.15, 0.2) is 0 Å². The lowest BCUT2D eigenvalue weighted by Crippen LogP contribution is -2.12. The van der Waals surface area contributed by atoms with Gasteiger partial charge in [-0.1, -0.05) is 18.2 Å². The molecule has 0 saturated carbocycles. The molecule has 0 spiro atoms. The fourth-order valence-corrected chi connectivity index (χ4v) is 3.55. The van der Waals surface area contributed by atoms with Crippen LogP contribution in [-0.2, 0) is 7.05 Å². The summed E-state index contributed by atoms with van der Waals surface area (Å²) in [5.74, 6) is 1.68. The largest absolute Gasteiger partial charge is 0.329 e. The van der Waals surface area contributed by atoms with E-state index in [2.05, 4.69) is 20.6 Å². The molecule has 5 rings (SSSR count). The Bertz CT molecular complexity index is 1400. The SMILES string of the molecule is CN(c1ccc2c(c1)nc(Nc1ccc(F)cc1)n2C)c1ccnc(Nc2ccccc2)n1. The van der Waals surface area contributed by atoms with E-state index in [1.807, 2.05) is 78.2 Å². The summed E-state index contributed by atoms with van der Waals surface area (Å²) in [6.07, 6.45) is 1.73. The molecule has 2 aromatic heterocycles. The number of para-hydroxylation sites is 1. The van der Waals surface area contributed by atoms with Crippen LogP contribution >= 0.6 is 0 Å². The highest BCUT2D eigenvalue weighted by atomic mass is 19.1. The van der Waals surface area contributed by atoms with Gasteiger partial charge >= 0.3 is 0 Å². The lowest BCUT2D eigenvalue weighted by atomic mass is 10.2. The highest BCUT2D eigenvalue weighted by Crippen LogP contribution is 2.28. The highest BCUT2D eigenvalue weighted by Gasteiger charge is 2.12. The van der Waals surface area contributed by atoms with Crippen molar-refractivity contribution in [1.29, 1.82) is 0 Å². The number of hydrogen-bond donors (Lipinski definition) is 2. The van der Waals surface area contributed by atoms with E-state index in [0.29, 0.717) is 11.9 Å². The number of aromatic nitrogens is 4. The van der Waals surface area contributed by atoms with Crippen molar-refractivity contribution >= 4 is 45.8 Å². The molecule has 0 aliphatic rings. The van der Waals surface area contributed by atoms with E-state index in [1.54, 1.807) is 18.3 Å². The van der Waals surface area contributed by atoms with Gasteiger partial charge in [-0.25, -0.2) is 14.4 Å². The Hall–Kier alpha value is -4.46. The molecule has 7 nitrogen and oxygen atoms in total. The van der Waals surface area contributed by atoms with Gasteiger partial charge in [-0.15, -0.1) is 0 Å². The Morgan fingerprint density at radius 2 is 1.61 bits per heavy atom. The number of imidazole rings is 1. The van der Waals surface area contributed by atoms with Crippen LogP contribution in [0.1, 0.15) is 0 Å². The minimum atomic E-state index is -0.273. The van der Waals surface area contributed by atoms with Gasteiger partial charge in [0.2, 0.25) is 11.9 Å². The molecule has 164 valence electrons. The van der Waals surface area contributed by atoms with E-state index >= 15 is 0 Å². The minimum absolute atomic E-state index is 0.273. The summed E-state index contributed by atoms with van der Waals surface area (Å²) < 4.78 is 15.2. The third-order valence-corrected chi connectivity index (χ3v) is 5.37. The van der Waals surface area contributed by atoms with Gasteiger partial charge < -0.3 is 20.1 Å². The van der Waals surface area contributed by atoms with Crippen molar-refractivity contribution in [2.45, 2.75) is 0 Å². The maximum absolute atomic E-state index is 13.2. The zero-order valence-electron chi connectivity index (χ0n) is 18.2. The van der Waals surface area contributed by atoms with Crippen molar-refractivity contribution in [3.8, 4) is 0 Å². The predicted octanol–water partition coefficient (Wildman–Crippen LogP) is 5.76. The third-order valence-electron chi connectivity index (χ3n) is 5.37. The summed E-state index contributed by atoms with van der Waals surface area (Å²) in [5, 5.41) is 6.46. The molecule has 0 bridgehead atoms. The molecule has 0 unspecified atom stereocenters. The first-order chi connectivity index (χ1) is 16.1. The second kappa shape index (κ2) is 8.58. The summed E-state index contributed by atoms with van der Waals surface area (Å²) in [4.78, 5) is 15.7. The molecule has 0 aliphatic carbocycles. The number of fused-ring (bicyclic) bond motifs is 1. The number of benzene rings is 3. The van der Waals surface area contributed by atoms with E-state index < -0.39 is 0 Å². The van der Waals surface area contributed by atoms with E-state index in [9.17, 15) is 4.39 Å². The molecule has 0 atom stereocenters. The van der Waals surface area contributed by atoms with Crippen LogP contribution in [0.4, 0.5) is 39.2 Å². The number of aryl methyl sites for hydroxylation is 1. The first-order valence-corrected chi connectivity index (χ1v) is 10.4. The Balaban J connectivity index is 1.40. The molecule has 3 aromatic carbocycles. The van der Waals surface area contributed by atoms with Crippen LogP contribution in [0.15, 0.2) is 85.1 Å². The average molecular weight is 439 g/mol. The highest BCUT2D eigenvalue weighted by molar-refractivity contribution is 5.84. The molecular formula is C25H22FN7. The fraction of sp³-hybridized carbons (Fsp3) is 0.0800. The number of nitrogens with one attached hydrogen (secondary N) is 2. The Labute approximate surface area is 190 Å². The average Bonchev–Trinajstić information content (AvgIpc) is 3.15. The van der Waals surface area contributed by atoms with E-state index in [1.165, 1.54) is 12.1 Å². The van der Waals surface area contributed by atoms with Crippen LogP contribution in [0.25, 0.3) is 11.0 Å². The molecular weight excluding hydrogens is 417 g/mol. The second-order valence-electron chi connectivity index (χ2n) is 7.59. The van der Waals surface area contributed by atoms with E-state index in [-0.39, 0.29) is 5.82 Å². The molecule has 2 N–H and O–H groups in total. The number of halogens is 1. The summed E-state index contributed by atoms with van der Waals surface area (Å²) >= 11 is 0. The van der Waals surface area contributed by atoms with Crippen molar-refractivity contribution in [3.05, 3.63) is 90.9 Å². The van der Waals surface area contributed by atoms with Crippen LogP contribution in [0.3, 0.4) is 0 Å². The number of anilines is 6. The van der Waals surface area contributed by atoms with Crippen molar-refractivity contribution in [3.63, 3.8) is 0 Å². The molecule has 0 saturated heterocycles. The van der Waals surface area contributed by atoms with E-state index in [0.717, 1.165) is 33.9 Å². The van der Waals surface area contributed by atoms with Crippen molar-refractivity contribution < 1.29 is 4.39 Å². The normalized spacial score (nSPS) is 10.9. The predicted molar refractivity (Wildman–Crippen MR) is 130 cm³/mol. The zero-order valence-corrected chi connectivity index (χ0v) is 18.2. The van der Waals surface area contributed by atoms with Gasteiger partial charge in [-0.2, -0.15) is 4.98 Å². The molecule has 0 radical (unpaired) electrons. The number of nitrogens with zero attached hydrogens (tertiary/aromatic N) is 5. The molecule has 33 heavy (non-hydrogen) atoms. The van der Waals surface area contributed by atoms with Crippen molar-refractivity contribution in [1.82, 2.24) is 19.5 Å². The van der Waals surface area contributed by atoms with Crippen molar-refractivity contribution in [2.24, 2.45) is 7.05 Å². The molecule has 2 heterocycles. The van der Waals surface area contributed by atoms with E-state index in [4.69, 9.17) is 4.98 Å². The number of hydrogen-bond acceptors (Lipinski definition) is 6. The molecule has 0 amide bonds. The zero-order chi connectivity index (χ0) is 22.8. The lowest BCUT2D eigenvalue weighted by Gasteiger charge is -2.19. The standard InChI is InChI=1S/C25H22FN7/c1-32(23-14-15-27-24(31-23)28-18-6-4-3-5-7-18)20-12-13-22-21(16-20)30-25(33(22)2)29-19-10-8-17(26)9-11-19/h3-16H,1-2H3,(H,29,30)(H,27,28,31). The first-order valence-electron chi connectivity index (χ1n) is 10.4. The Morgan fingerprint density at radius 1 is 0.848 bits per heavy atom. The Morgan fingerprint density at radius 3 is 2.39 bits per heavy atom. The van der Waals surface area contributed by atoms with Crippen LogP contribution in [0, 0.1) is 5.82 Å². The monoisotopic (exact) mass is 439 g/mol. The molecule has 8 heteroatoms. The van der Waals surface area contributed by atoms with Crippen LogP contribution < -0.4 is 15.5 Å². The van der Waals surface area contributed by atoms with Crippen LogP contribution in [0.2, 0.25) is 0 Å². The van der Waals surface area contributed by atoms with Crippen LogP contribution in [0.5, 0.6) is 0 Å². The minimum Gasteiger partial charge on any atom is -0.329 e. The molecule has 0 fully saturated rings.